The summed E-state index contributed by atoms with van der Waals surface area (Å²) in [5, 5.41) is 8.24. The fourth-order valence-corrected chi connectivity index (χ4v) is 3.05. The third-order valence-electron chi connectivity index (χ3n) is 4.28. The number of nitrogens with one attached hydrogen (secondary N) is 3. The van der Waals surface area contributed by atoms with Gasteiger partial charge in [-0.3, -0.25) is 9.59 Å². The Balaban J connectivity index is 1.63. The summed E-state index contributed by atoms with van der Waals surface area (Å²) in [6, 6.07) is 18.0. The zero-order valence-corrected chi connectivity index (χ0v) is 18.3. The molecule has 0 aliphatic heterocycles. The fraction of sp³-hybridized carbons (Fsp3) is 0.0870. The molecule has 0 atom stereocenters. The molecule has 10 heteroatoms. The van der Waals surface area contributed by atoms with Crippen LogP contribution in [0.4, 0.5) is 21.9 Å². The predicted molar refractivity (Wildman–Crippen MR) is 126 cm³/mol. The van der Waals surface area contributed by atoms with Crippen molar-refractivity contribution in [2.45, 2.75) is 0 Å². The topological polar surface area (TPSA) is 132 Å². The van der Waals surface area contributed by atoms with Crippen LogP contribution in [0.5, 0.6) is 11.5 Å². The van der Waals surface area contributed by atoms with Gasteiger partial charge in [0.2, 0.25) is 0 Å². The van der Waals surface area contributed by atoms with Gasteiger partial charge < -0.3 is 31.2 Å². The first-order valence-corrected chi connectivity index (χ1v) is 10.1. The lowest BCUT2D eigenvalue weighted by Crippen LogP contribution is -2.20. The fourth-order valence-electron chi connectivity index (χ4n) is 2.79. The summed E-state index contributed by atoms with van der Waals surface area (Å²) in [7, 11) is 1.38. The van der Waals surface area contributed by atoms with Crippen molar-refractivity contribution >= 4 is 46.5 Å². The number of benzene rings is 3. The standard InChI is InChI=1S/C23H21ClN4O5/c1-32-19-12-14(11-18(24)21(19)33-13-20(25)29)22(30)26-16-7-9-17(10-8-16)28-23(31)27-15-5-3-2-4-6-15/h2-12H,13H2,1H3,(H2,25,29)(H,26,30)(H2,27,28,31). The molecule has 33 heavy (non-hydrogen) atoms. The minimum absolute atomic E-state index is 0.0877. The monoisotopic (exact) mass is 468 g/mol. The van der Waals surface area contributed by atoms with E-state index in [4.69, 9.17) is 26.8 Å². The number of carbonyl (C=O) groups excluding carboxylic acids is 3. The number of halogens is 1. The summed E-state index contributed by atoms with van der Waals surface area (Å²) < 4.78 is 10.5. The van der Waals surface area contributed by atoms with Crippen LogP contribution in [0, 0.1) is 0 Å². The Kier molecular flexibility index (Phi) is 7.72. The van der Waals surface area contributed by atoms with Gasteiger partial charge in [0.25, 0.3) is 11.8 Å². The lowest BCUT2D eigenvalue weighted by Gasteiger charge is -2.13. The summed E-state index contributed by atoms with van der Waals surface area (Å²) in [4.78, 5) is 35.7. The molecule has 0 aliphatic carbocycles. The molecule has 0 aromatic heterocycles. The molecule has 4 amide bonds. The number of amides is 4. The van der Waals surface area contributed by atoms with Gasteiger partial charge in [-0.25, -0.2) is 4.79 Å². The van der Waals surface area contributed by atoms with E-state index in [1.165, 1.54) is 19.2 Å². The molecule has 0 heterocycles. The minimum atomic E-state index is -0.676. The molecular weight excluding hydrogens is 448 g/mol. The highest BCUT2D eigenvalue weighted by Gasteiger charge is 2.17. The maximum Gasteiger partial charge on any atom is 0.323 e. The van der Waals surface area contributed by atoms with Crippen molar-refractivity contribution in [3.63, 3.8) is 0 Å². The Labute approximate surface area is 194 Å². The molecule has 0 unspecified atom stereocenters. The summed E-state index contributed by atoms with van der Waals surface area (Å²) in [5.74, 6) is -0.832. The maximum absolute atomic E-state index is 12.7. The van der Waals surface area contributed by atoms with Crippen LogP contribution in [0.3, 0.4) is 0 Å². The van der Waals surface area contributed by atoms with Crippen LogP contribution in [0.25, 0.3) is 0 Å². The van der Waals surface area contributed by atoms with Crippen molar-refractivity contribution in [3.8, 4) is 11.5 Å². The largest absolute Gasteiger partial charge is 0.493 e. The van der Waals surface area contributed by atoms with Gasteiger partial charge in [0, 0.05) is 22.6 Å². The first kappa shape index (κ1) is 23.4. The molecule has 5 N–H and O–H groups in total. The van der Waals surface area contributed by atoms with Gasteiger partial charge in [0.05, 0.1) is 12.1 Å². The summed E-state index contributed by atoms with van der Waals surface area (Å²) in [6.07, 6.45) is 0. The Morgan fingerprint density at radius 1 is 0.879 bits per heavy atom. The second-order valence-electron chi connectivity index (χ2n) is 6.72. The normalized spacial score (nSPS) is 10.1. The molecule has 0 saturated carbocycles. The number of urea groups is 1. The van der Waals surface area contributed by atoms with Crippen molar-refractivity contribution in [2.24, 2.45) is 5.73 Å². The zero-order valence-electron chi connectivity index (χ0n) is 17.6. The highest BCUT2D eigenvalue weighted by atomic mass is 35.5. The van der Waals surface area contributed by atoms with Gasteiger partial charge in [0.1, 0.15) is 0 Å². The molecule has 3 aromatic carbocycles. The van der Waals surface area contributed by atoms with Crippen LogP contribution in [-0.2, 0) is 4.79 Å². The molecule has 0 aliphatic rings. The molecule has 3 aromatic rings. The predicted octanol–water partition coefficient (Wildman–Crippen LogP) is 4.11. The van der Waals surface area contributed by atoms with E-state index >= 15 is 0 Å². The van der Waals surface area contributed by atoms with Crippen molar-refractivity contribution in [3.05, 3.63) is 77.3 Å². The molecule has 0 saturated heterocycles. The molecule has 9 nitrogen and oxygen atoms in total. The van der Waals surface area contributed by atoms with E-state index in [0.29, 0.717) is 17.1 Å². The number of para-hydroxylation sites is 1. The van der Waals surface area contributed by atoms with Crippen LogP contribution < -0.4 is 31.2 Å². The Morgan fingerprint density at radius 3 is 2.03 bits per heavy atom. The number of primary amides is 1. The van der Waals surface area contributed by atoms with Gasteiger partial charge in [-0.15, -0.1) is 0 Å². The van der Waals surface area contributed by atoms with Crippen molar-refractivity contribution in [2.75, 3.05) is 29.7 Å². The number of hydrogen-bond acceptors (Lipinski definition) is 5. The molecule has 0 fully saturated rings. The SMILES string of the molecule is COc1cc(C(=O)Nc2ccc(NC(=O)Nc3ccccc3)cc2)cc(Cl)c1OCC(N)=O. The second-order valence-corrected chi connectivity index (χ2v) is 7.13. The first-order valence-electron chi connectivity index (χ1n) is 9.69. The molecular formula is C23H21ClN4O5. The summed E-state index contributed by atoms with van der Waals surface area (Å²) in [6.45, 7) is -0.384. The van der Waals surface area contributed by atoms with E-state index in [-0.39, 0.29) is 28.7 Å². The van der Waals surface area contributed by atoms with E-state index in [9.17, 15) is 14.4 Å². The number of anilines is 3. The van der Waals surface area contributed by atoms with E-state index < -0.39 is 17.8 Å². The van der Waals surface area contributed by atoms with Crippen molar-refractivity contribution < 1.29 is 23.9 Å². The smallest absolute Gasteiger partial charge is 0.323 e. The zero-order chi connectivity index (χ0) is 23.8. The third-order valence-corrected chi connectivity index (χ3v) is 4.56. The van der Waals surface area contributed by atoms with Crippen LogP contribution >= 0.6 is 11.6 Å². The highest BCUT2D eigenvalue weighted by Crippen LogP contribution is 2.36. The molecule has 170 valence electrons. The Hall–Kier alpha value is -4.24. The average Bonchev–Trinajstić information content (AvgIpc) is 2.79. The number of rotatable bonds is 8. The number of methoxy groups -OCH3 is 1. The molecule has 0 spiro atoms. The van der Waals surface area contributed by atoms with Gasteiger partial charge in [-0.1, -0.05) is 29.8 Å². The Morgan fingerprint density at radius 2 is 1.45 bits per heavy atom. The van der Waals surface area contributed by atoms with Crippen molar-refractivity contribution in [1.29, 1.82) is 0 Å². The summed E-state index contributed by atoms with van der Waals surface area (Å²) >= 11 is 6.19. The van der Waals surface area contributed by atoms with Crippen molar-refractivity contribution in [1.82, 2.24) is 0 Å². The number of nitrogens with two attached hydrogens (primary N) is 1. The van der Waals surface area contributed by atoms with Crippen LogP contribution in [0.2, 0.25) is 5.02 Å². The Bertz CT molecular complexity index is 1150. The van der Waals surface area contributed by atoms with E-state index in [2.05, 4.69) is 16.0 Å². The second kappa shape index (κ2) is 10.9. The first-order chi connectivity index (χ1) is 15.9. The maximum atomic E-state index is 12.7. The average molecular weight is 469 g/mol. The van der Waals surface area contributed by atoms with E-state index in [0.717, 1.165) is 0 Å². The van der Waals surface area contributed by atoms with Gasteiger partial charge in [-0.05, 0) is 48.5 Å². The van der Waals surface area contributed by atoms with Crippen LogP contribution in [0.1, 0.15) is 10.4 Å². The molecule has 3 rings (SSSR count). The molecule has 0 bridgehead atoms. The quantitative estimate of drug-likeness (QED) is 0.395. The minimum Gasteiger partial charge on any atom is -0.493 e. The van der Waals surface area contributed by atoms with E-state index in [1.807, 2.05) is 18.2 Å². The summed E-state index contributed by atoms with van der Waals surface area (Å²) in [5.41, 5.74) is 7.00. The number of hydrogen-bond donors (Lipinski definition) is 4. The van der Waals surface area contributed by atoms with Gasteiger partial charge >= 0.3 is 6.03 Å². The lowest BCUT2D eigenvalue weighted by atomic mass is 10.1. The lowest BCUT2D eigenvalue weighted by molar-refractivity contribution is -0.119. The highest BCUT2D eigenvalue weighted by molar-refractivity contribution is 6.32. The van der Waals surface area contributed by atoms with Crippen LogP contribution in [0.15, 0.2) is 66.7 Å². The van der Waals surface area contributed by atoms with Gasteiger partial charge in [-0.2, -0.15) is 0 Å². The molecule has 0 radical (unpaired) electrons. The van der Waals surface area contributed by atoms with E-state index in [1.54, 1.807) is 36.4 Å². The third kappa shape index (κ3) is 6.62. The van der Waals surface area contributed by atoms with Crippen LogP contribution in [-0.4, -0.2) is 31.6 Å². The van der Waals surface area contributed by atoms with Gasteiger partial charge in [0.15, 0.2) is 18.1 Å². The number of carbonyl (C=O) groups is 3. The number of ether oxygens (including phenoxy) is 2.